The second-order valence-corrected chi connectivity index (χ2v) is 6.07. The molecule has 0 saturated heterocycles. The Morgan fingerprint density at radius 2 is 1.81 bits per heavy atom. The molecule has 4 heteroatoms. The van der Waals surface area contributed by atoms with E-state index < -0.39 is 11.6 Å². The quantitative estimate of drug-likeness (QED) is 0.775. The van der Waals surface area contributed by atoms with E-state index in [1.165, 1.54) is 23.3 Å². The highest BCUT2D eigenvalue weighted by molar-refractivity contribution is 9.10. The normalized spacial score (nSPS) is 12.5. The van der Waals surface area contributed by atoms with Gasteiger partial charge in [0, 0.05) is 11.6 Å². The number of hydrogen-bond donors (Lipinski definition) is 1. The summed E-state index contributed by atoms with van der Waals surface area (Å²) in [5.74, 6) is -1.04. The molecule has 0 bridgehead atoms. The lowest BCUT2D eigenvalue weighted by Crippen LogP contribution is -2.20. The van der Waals surface area contributed by atoms with Gasteiger partial charge in [0.2, 0.25) is 0 Å². The van der Waals surface area contributed by atoms with E-state index in [0.717, 1.165) is 5.56 Å². The van der Waals surface area contributed by atoms with Crippen molar-refractivity contribution in [2.24, 2.45) is 0 Å². The Morgan fingerprint density at radius 1 is 1.10 bits per heavy atom. The molecule has 1 N–H and O–H groups in total. The summed E-state index contributed by atoms with van der Waals surface area (Å²) in [6.45, 7) is 4.08. The Labute approximate surface area is 132 Å². The van der Waals surface area contributed by atoms with Gasteiger partial charge in [0.1, 0.15) is 11.6 Å². The molecular formula is C17H18BrF2N. The first-order valence-corrected chi connectivity index (χ1v) is 7.60. The highest BCUT2D eigenvalue weighted by Crippen LogP contribution is 2.27. The van der Waals surface area contributed by atoms with E-state index in [1.807, 2.05) is 26.0 Å². The molecule has 112 valence electrons. The van der Waals surface area contributed by atoms with Gasteiger partial charge in [-0.15, -0.1) is 0 Å². The van der Waals surface area contributed by atoms with Crippen molar-refractivity contribution in [1.29, 1.82) is 0 Å². The van der Waals surface area contributed by atoms with Crippen LogP contribution in [0.15, 0.2) is 34.8 Å². The first-order valence-electron chi connectivity index (χ1n) is 6.80. The van der Waals surface area contributed by atoms with Gasteiger partial charge < -0.3 is 5.32 Å². The minimum absolute atomic E-state index is 0.0990. The van der Waals surface area contributed by atoms with E-state index in [0.29, 0.717) is 0 Å². The summed E-state index contributed by atoms with van der Waals surface area (Å²) in [6, 6.07) is 8.63. The van der Waals surface area contributed by atoms with Crippen molar-refractivity contribution >= 4 is 15.9 Å². The van der Waals surface area contributed by atoms with Crippen molar-refractivity contribution in [3.05, 3.63) is 68.7 Å². The molecule has 21 heavy (non-hydrogen) atoms. The molecule has 0 aliphatic carbocycles. The fraction of sp³-hybridized carbons (Fsp3) is 0.294. The summed E-state index contributed by atoms with van der Waals surface area (Å²) >= 11 is 3.11. The zero-order valence-electron chi connectivity index (χ0n) is 12.3. The van der Waals surface area contributed by atoms with Crippen LogP contribution >= 0.6 is 15.9 Å². The summed E-state index contributed by atoms with van der Waals surface area (Å²) in [5, 5.41) is 3.14. The van der Waals surface area contributed by atoms with Crippen LogP contribution in [0.1, 0.15) is 28.3 Å². The van der Waals surface area contributed by atoms with Crippen LogP contribution in [0.25, 0.3) is 0 Å². The molecule has 0 aliphatic heterocycles. The zero-order chi connectivity index (χ0) is 15.6. The predicted molar refractivity (Wildman–Crippen MR) is 85.5 cm³/mol. The van der Waals surface area contributed by atoms with E-state index in [2.05, 4.69) is 27.3 Å². The topological polar surface area (TPSA) is 12.0 Å². The molecule has 2 aromatic rings. The molecule has 0 saturated carbocycles. The Bertz CT molecular complexity index is 655. The lowest BCUT2D eigenvalue weighted by Gasteiger charge is -2.19. The molecule has 0 heterocycles. The summed E-state index contributed by atoms with van der Waals surface area (Å²) in [7, 11) is 1.80. The van der Waals surface area contributed by atoms with Crippen molar-refractivity contribution < 1.29 is 8.78 Å². The smallest absolute Gasteiger partial charge is 0.143 e. The van der Waals surface area contributed by atoms with Crippen molar-refractivity contribution in [3.8, 4) is 0 Å². The number of halogens is 3. The third kappa shape index (κ3) is 3.50. The average molecular weight is 354 g/mol. The zero-order valence-corrected chi connectivity index (χ0v) is 13.9. The first-order chi connectivity index (χ1) is 9.93. The molecule has 0 amide bonds. The predicted octanol–water partition coefficient (Wildman–Crippen LogP) is 4.85. The van der Waals surface area contributed by atoms with Crippen LogP contribution in [0.2, 0.25) is 0 Å². The molecule has 2 aromatic carbocycles. The monoisotopic (exact) mass is 353 g/mol. The number of hydrogen-bond acceptors (Lipinski definition) is 1. The van der Waals surface area contributed by atoms with Gasteiger partial charge in [-0.25, -0.2) is 8.78 Å². The molecule has 0 aliphatic rings. The minimum Gasteiger partial charge on any atom is -0.313 e. The van der Waals surface area contributed by atoms with Crippen LogP contribution in [0.5, 0.6) is 0 Å². The van der Waals surface area contributed by atoms with Crippen molar-refractivity contribution in [1.82, 2.24) is 5.32 Å². The minimum atomic E-state index is -0.529. The van der Waals surface area contributed by atoms with E-state index >= 15 is 0 Å². The number of nitrogens with one attached hydrogen (secondary N) is 1. The summed E-state index contributed by atoms with van der Waals surface area (Å²) < 4.78 is 28.3. The maximum Gasteiger partial charge on any atom is 0.143 e. The highest BCUT2D eigenvalue weighted by atomic mass is 79.9. The van der Waals surface area contributed by atoms with Gasteiger partial charge in [0.25, 0.3) is 0 Å². The molecular weight excluding hydrogens is 336 g/mol. The Hall–Kier alpha value is -1.26. The van der Waals surface area contributed by atoms with E-state index in [1.54, 1.807) is 7.05 Å². The lowest BCUT2D eigenvalue weighted by molar-refractivity contribution is 0.512. The average Bonchev–Trinajstić information content (AvgIpc) is 2.47. The van der Waals surface area contributed by atoms with Gasteiger partial charge in [0.15, 0.2) is 0 Å². The first kappa shape index (κ1) is 16.1. The molecule has 0 radical (unpaired) electrons. The summed E-state index contributed by atoms with van der Waals surface area (Å²) in [4.78, 5) is 0. The van der Waals surface area contributed by atoms with Crippen LogP contribution in [0.3, 0.4) is 0 Å². The van der Waals surface area contributed by atoms with E-state index in [9.17, 15) is 8.78 Å². The molecule has 0 fully saturated rings. The second-order valence-electron chi connectivity index (χ2n) is 5.21. The molecule has 0 aromatic heterocycles. The third-order valence-corrected chi connectivity index (χ3v) is 4.44. The van der Waals surface area contributed by atoms with Gasteiger partial charge >= 0.3 is 0 Å². The van der Waals surface area contributed by atoms with Crippen LogP contribution in [-0.4, -0.2) is 7.05 Å². The largest absolute Gasteiger partial charge is 0.313 e. The number of rotatable bonds is 4. The molecule has 2 rings (SSSR count). The summed E-state index contributed by atoms with van der Waals surface area (Å²) in [6.07, 6.45) is 0.260. The van der Waals surface area contributed by atoms with Gasteiger partial charge in [-0.2, -0.15) is 0 Å². The number of likely N-dealkylation sites (N-methyl/N-ethyl adjacent to an activating group) is 1. The van der Waals surface area contributed by atoms with Gasteiger partial charge in [-0.05, 0) is 72.1 Å². The van der Waals surface area contributed by atoms with Gasteiger partial charge in [0.05, 0.1) is 4.47 Å². The lowest BCUT2D eigenvalue weighted by atomic mass is 9.95. The van der Waals surface area contributed by atoms with Crippen molar-refractivity contribution in [3.63, 3.8) is 0 Å². The number of benzene rings is 2. The Balaban J connectivity index is 2.35. The second kappa shape index (κ2) is 6.67. The maximum atomic E-state index is 14.1. The molecule has 0 spiro atoms. The van der Waals surface area contributed by atoms with E-state index in [4.69, 9.17) is 0 Å². The third-order valence-electron chi connectivity index (χ3n) is 3.83. The standard InChI is InChI=1S/C17H18BrF2N/c1-10-4-5-12(8-11(10)2)16(21-3)9-13-15(19)7-6-14(18)17(13)20/h4-8,16,21H,9H2,1-3H3. The van der Waals surface area contributed by atoms with Gasteiger partial charge in [-0.3, -0.25) is 0 Å². The molecule has 1 atom stereocenters. The maximum absolute atomic E-state index is 14.1. The van der Waals surface area contributed by atoms with E-state index in [-0.39, 0.29) is 22.5 Å². The Kier molecular flexibility index (Phi) is 5.12. The summed E-state index contributed by atoms with van der Waals surface area (Å²) in [5.41, 5.74) is 3.50. The number of aryl methyl sites for hydroxylation is 2. The fourth-order valence-electron chi connectivity index (χ4n) is 2.33. The van der Waals surface area contributed by atoms with Crippen LogP contribution in [0.4, 0.5) is 8.78 Å². The highest BCUT2D eigenvalue weighted by Gasteiger charge is 2.18. The van der Waals surface area contributed by atoms with Crippen molar-refractivity contribution in [2.75, 3.05) is 7.05 Å². The van der Waals surface area contributed by atoms with Crippen LogP contribution in [-0.2, 0) is 6.42 Å². The SMILES string of the molecule is CNC(Cc1c(F)ccc(Br)c1F)c1ccc(C)c(C)c1. The van der Waals surface area contributed by atoms with Crippen LogP contribution < -0.4 is 5.32 Å². The van der Waals surface area contributed by atoms with Crippen LogP contribution in [0, 0.1) is 25.5 Å². The fourth-order valence-corrected chi connectivity index (χ4v) is 2.70. The van der Waals surface area contributed by atoms with Crippen molar-refractivity contribution in [2.45, 2.75) is 26.3 Å². The molecule has 1 unspecified atom stereocenters. The Morgan fingerprint density at radius 3 is 2.43 bits per heavy atom. The molecule has 1 nitrogen and oxygen atoms in total. The van der Waals surface area contributed by atoms with Gasteiger partial charge in [-0.1, -0.05) is 18.2 Å².